The van der Waals surface area contributed by atoms with Crippen molar-refractivity contribution in [3.63, 3.8) is 0 Å². The summed E-state index contributed by atoms with van der Waals surface area (Å²) in [6, 6.07) is 2.60. The van der Waals surface area contributed by atoms with Crippen LogP contribution < -0.4 is 16.5 Å². The molecule has 0 atom stereocenters. The maximum atomic E-state index is 14.5. The molecule has 0 spiro atoms. The zero-order valence-corrected chi connectivity index (χ0v) is 17.0. The molecular weight excluding hydrogens is 381 g/mol. The van der Waals surface area contributed by atoms with E-state index in [1.807, 2.05) is 20.8 Å². The Labute approximate surface area is 168 Å². The Morgan fingerprint density at radius 3 is 2.45 bits per heavy atom. The number of benzene rings is 1. The van der Waals surface area contributed by atoms with Gasteiger partial charge >= 0.3 is 5.97 Å². The van der Waals surface area contributed by atoms with Crippen LogP contribution in [-0.4, -0.2) is 55.2 Å². The molecule has 0 aliphatic rings. The number of nitrogens with two attached hydrogens (primary N) is 1. The molecule has 2 rings (SSSR count). The van der Waals surface area contributed by atoms with Crippen LogP contribution in [0.25, 0.3) is 10.9 Å². The normalized spacial score (nSPS) is 11.8. The van der Waals surface area contributed by atoms with Crippen LogP contribution in [0.2, 0.25) is 0 Å². The van der Waals surface area contributed by atoms with Gasteiger partial charge in [0.1, 0.15) is 11.4 Å². The third-order valence-corrected chi connectivity index (χ3v) is 4.24. The summed E-state index contributed by atoms with van der Waals surface area (Å²) in [6.45, 7) is 8.09. The Morgan fingerprint density at radius 2 is 1.86 bits per heavy atom. The van der Waals surface area contributed by atoms with Crippen LogP contribution >= 0.6 is 0 Å². The highest BCUT2D eigenvalue weighted by atomic mass is 19.1. The van der Waals surface area contributed by atoms with E-state index < -0.39 is 28.3 Å². The van der Waals surface area contributed by atoms with E-state index in [0.717, 1.165) is 6.07 Å². The number of hydrogen-bond donors (Lipinski definition) is 3. The number of halogens is 1. The molecule has 0 radical (unpaired) electrons. The molecule has 1 aromatic carbocycles. The number of hydrogen-bond acceptors (Lipinski definition) is 6. The van der Waals surface area contributed by atoms with Crippen molar-refractivity contribution in [2.24, 2.45) is 5.73 Å². The number of nitrogens with zero attached hydrogens (tertiary/aromatic N) is 1. The highest BCUT2D eigenvalue weighted by Crippen LogP contribution is 2.26. The minimum Gasteiger partial charge on any atom is -0.477 e. The van der Waals surface area contributed by atoms with Gasteiger partial charge in [-0.1, -0.05) is 0 Å². The molecule has 0 unspecified atom stereocenters. The average Bonchev–Trinajstić information content (AvgIpc) is 2.63. The Bertz CT molecular complexity index is 921. The summed E-state index contributed by atoms with van der Waals surface area (Å²) < 4.78 is 26.8. The summed E-state index contributed by atoms with van der Waals surface area (Å²) in [5.41, 5.74) is 4.36. The predicted molar refractivity (Wildman–Crippen MR) is 109 cm³/mol. The van der Waals surface area contributed by atoms with Crippen molar-refractivity contribution in [1.82, 2.24) is 4.57 Å². The van der Waals surface area contributed by atoms with Crippen molar-refractivity contribution in [3.05, 3.63) is 39.9 Å². The summed E-state index contributed by atoms with van der Waals surface area (Å²) in [5.74, 6) is -1.98. The minimum absolute atomic E-state index is 0.0242. The molecule has 0 saturated heterocycles. The lowest BCUT2D eigenvalue weighted by Crippen LogP contribution is -2.28. The molecule has 8 nitrogen and oxygen atoms in total. The second kappa shape index (κ2) is 9.82. The van der Waals surface area contributed by atoms with E-state index in [1.165, 1.54) is 12.3 Å². The van der Waals surface area contributed by atoms with Crippen molar-refractivity contribution in [2.75, 3.05) is 44.8 Å². The smallest absolute Gasteiger partial charge is 0.341 e. The van der Waals surface area contributed by atoms with Gasteiger partial charge in [-0.05, 0) is 32.9 Å². The molecule has 0 bridgehead atoms. The molecule has 9 heteroatoms. The number of aromatic carboxylic acids is 1. The van der Waals surface area contributed by atoms with Gasteiger partial charge in [-0.15, -0.1) is 0 Å². The molecule has 29 heavy (non-hydrogen) atoms. The van der Waals surface area contributed by atoms with E-state index in [4.69, 9.17) is 15.2 Å². The number of ether oxygens (including phenoxy) is 2. The number of fused-ring (bicyclic) bond motifs is 1. The number of carboxylic acid groups (broad SMARTS) is 1. The second-order valence-electron chi connectivity index (χ2n) is 7.51. The van der Waals surface area contributed by atoms with Crippen molar-refractivity contribution in [3.8, 4) is 0 Å². The first-order chi connectivity index (χ1) is 13.7. The van der Waals surface area contributed by atoms with E-state index in [2.05, 4.69) is 5.32 Å². The Morgan fingerprint density at radius 1 is 1.21 bits per heavy atom. The van der Waals surface area contributed by atoms with Crippen LogP contribution in [0.5, 0.6) is 0 Å². The highest BCUT2D eigenvalue weighted by Gasteiger charge is 2.22. The second-order valence-corrected chi connectivity index (χ2v) is 7.51. The van der Waals surface area contributed by atoms with Gasteiger partial charge in [-0.2, -0.15) is 0 Å². The molecule has 1 aromatic heterocycles. The Hall–Kier alpha value is -2.49. The number of nitrogens with one attached hydrogen (secondary N) is 1. The molecule has 2 aromatic rings. The number of rotatable bonds is 10. The summed E-state index contributed by atoms with van der Waals surface area (Å²) >= 11 is 0. The van der Waals surface area contributed by atoms with Crippen molar-refractivity contribution < 1.29 is 23.8 Å². The lowest BCUT2D eigenvalue weighted by Gasteiger charge is -2.26. The van der Waals surface area contributed by atoms with Crippen LogP contribution in [-0.2, 0) is 15.0 Å². The first-order valence-electron chi connectivity index (χ1n) is 9.39. The van der Waals surface area contributed by atoms with E-state index in [-0.39, 0.29) is 11.1 Å². The molecule has 0 fully saturated rings. The number of pyridine rings is 1. The summed E-state index contributed by atoms with van der Waals surface area (Å²) in [7, 11) is 0. The lowest BCUT2D eigenvalue weighted by molar-refractivity contribution is 0.0547. The largest absolute Gasteiger partial charge is 0.477 e. The Balaban J connectivity index is 2.24. The average molecular weight is 409 g/mol. The summed E-state index contributed by atoms with van der Waals surface area (Å²) in [4.78, 5) is 23.9. The summed E-state index contributed by atoms with van der Waals surface area (Å²) in [5, 5.41) is 12.3. The van der Waals surface area contributed by atoms with Gasteiger partial charge in [0.2, 0.25) is 5.43 Å². The van der Waals surface area contributed by atoms with Crippen molar-refractivity contribution in [1.29, 1.82) is 0 Å². The fourth-order valence-electron chi connectivity index (χ4n) is 2.85. The third-order valence-electron chi connectivity index (χ3n) is 4.24. The molecule has 0 amide bonds. The minimum atomic E-state index is -1.34. The molecular formula is C20H28FN3O5. The standard InChI is InChI=1S/C20H28FN3O5/c1-20(2,3)24-12-14(19(26)27)18(25)13-10-15(21)16(11-17(13)24)23-5-7-29-9-8-28-6-4-22/h10-12,23H,4-9,22H2,1-3H3,(H,26,27). The van der Waals surface area contributed by atoms with E-state index in [1.54, 1.807) is 4.57 Å². The quantitative estimate of drug-likeness (QED) is 0.514. The van der Waals surface area contributed by atoms with Crippen molar-refractivity contribution in [2.45, 2.75) is 26.3 Å². The van der Waals surface area contributed by atoms with E-state index >= 15 is 0 Å². The van der Waals surface area contributed by atoms with Gasteiger partial charge in [0.05, 0.1) is 37.6 Å². The van der Waals surface area contributed by atoms with Crippen LogP contribution in [0.15, 0.2) is 23.1 Å². The number of anilines is 1. The number of carbonyl (C=O) groups is 1. The molecule has 0 saturated carbocycles. The first-order valence-corrected chi connectivity index (χ1v) is 9.39. The zero-order valence-electron chi connectivity index (χ0n) is 17.0. The molecule has 0 aliphatic heterocycles. The van der Waals surface area contributed by atoms with Crippen LogP contribution in [0.3, 0.4) is 0 Å². The van der Waals surface area contributed by atoms with Gasteiger partial charge in [-0.25, -0.2) is 9.18 Å². The molecule has 0 aliphatic carbocycles. The SMILES string of the molecule is CC(C)(C)n1cc(C(=O)O)c(=O)c2cc(F)c(NCCOCCOCCN)cc21. The van der Waals surface area contributed by atoms with Gasteiger partial charge in [-0.3, -0.25) is 4.79 Å². The van der Waals surface area contributed by atoms with Crippen LogP contribution in [0.1, 0.15) is 31.1 Å². The predicted octanol–water partition coefficient (Wildman–Crippen LogP) is 2.00. The first kappa shape index (κ1) is 22.8. The highest BCUT2D eigenvalue weighted by molar-refractivity contribution is 5.93. The van der Waals surface area contributed by atoms with E-state index in [9.17, 15) is 19.1 Å². The molecule has 160 valence electrons. The molecule has 4 N–H and O–H groups in total. The van der Waals surface area contributed by atoms with Gasteiger partial charge < -0.3 is 30.2 Å². The maximum absolute atomic E-state index is 14.5. The van der Waals surface area contributed by atoms with Crippen LogP contribution in [0, 0.1) is 5.82 Å². The van der Waals surface area contributed by atoms with Crippen LogP contribution in [0.4, 0.5) is 10.1 Å². The summed E-state index contributed by atoms with van der Waals surface area (Å²) in [6.07, 6.45) is 1.30. The zero-order chi connectivity index (χ0) is 21.6. The topological polar surface area (TPSA) is 116 Å². The van der Waals surface area contributed by atoms with E-state index in [0.29, 0.717) is 45.0 Å². The van der Waals surface area contributed by atoms with Crippen molar-refractivity contribution >= 4 is 22.6 Å². The Kier molecular flexibility index (Phi) is 7.72. The molecule has 1 heterocycles. The number of carboxylic acids is 1. The lowest BCUT2D eigenvalue weighted by atomic mass is 10.0. The van der Waals surface area contributed by atoms with Gasteiger partial charge in [0, 0.05) is 30.2 Å². The third kappa shape index (κ3) is 5.75. The fourth-order valence-corrected chi connectivity index (χ4v) is 2.85. The monoisotopic (exact) mass is 409 g/mol. The number of aromatic nitrogens is 1. The van der Waals surface area contributed by atoms with Gasteiger partial charge in [0.15, 0.2) is 0 Å². The fraction of sp³-hybridized carbons (Fsp3) is 0.500. The van der Waals surface area contributed by atoms with Gasteiger partial charge in [0.25, 0.3) is 0 Å². The maximum Gasteiger partial charge on any atom is 0.341 e.